The molecule has 0 aliphatic heterocycles. The minimum Gasteiger partial charge on any atom is -0.480 e. The van der Waals surface area contributed by atoms with E-state index in [1.54, 1.807) is 17.2 Å². The summed E-state index contributed by atoms with van der Waals surface area (Å²) in [4.78, 5) is 25.7. The van der Waals surface area contributed by atoms with Gasteiger partial charge in [0.05, 0.1) is 12.8 Å². The van der Waals surface area contributed by atoms with Gasteiger partial charge in [-0.1, -0.05) is 6.42 Å². The molecule has 0 spiro atoms. The number of hydrogen-bond acceptors (Lipinski definition) is 3. The first kappa shape index (κ1) is 12.3. The highest BCUT2D eigenvalue weighted by molar-refractivity contribution is 6.03. The number of rotatable bonds is 5. The lowest BCUT2D eigenvalue weighted by Gasteiger charge is -2.39. The van der Waals surface area contributed by atoms with Crippen LogP contribution < -0.4 is 0 Å². The number of furan rings is 1. The molecule has 0 bridgehead atoms. The summed E-state index contributed by atoms with van der Waals surface area (Å²) in [6, 6.07) is 3.78. The molecule has 0 atom stereocenters. The monoisotopic (exact) mass is 263 g/mol. The van der Waals surface area contributed by atoms with Gasteiger partial charge in [-0.3, -0.25) is 9.59 Å². The molecule has 1 amide bonds. The molecule has 102 valence electrons. The van der Waals surface area contributed by atoms with Crippen molar-refractivity contribution in [1.29, 1.82) is 0 Å². The van der Waals surface area contributed by atoms with Crippen molar-refractivity contribution < 1.29 is 19.1 Å². The van der Waals surface area contributed by atoms with Gasteiger partial charge >= 0.3 is 5.97 Å². The van der Waals surface area contributed by atoms with E-state index in [9.17, 15) is 14.7 Å². The Hall–Kier alpha value is -1.78. The molecular formula is C14H17NO4. The maximum absolute atomic E-state index is 12.6. The van der Waals surface area contributed by atoms with E-state index in [0.29, 0.717) is 25.1 Å². The van der Waals surface area contributed by atoms with Crippen LogP contribution in [0.1, 0.15) is 37.9 Å². The lowest BCUT2D eigenvalue weighted by atomic mass is 9.67. The molecular weight excluding hydrogens is 246 g/mol. The number of carboxylic acid groups (broad SMARTS) is 1. The average molecular weight is 263 g/mol. The van der Waals surface area contributed by atoms with Gasteiger partial charge in [0.1, 0.15) is 11.2 Å². The molecule has 2 aliphatic rings. The molecule has 1 heterocycles. The highest BCUT2D eigenvalue weighted by Crippen LogP contribution is 2.45. The standard InChI is InChI=1S/C14H17NO4/c16-12(14(13(17)18)6-2-7-14)15(10-4-5-10)9-11-3-1-8-19-11/h1,3,8,10H,2,4-7,9H2,(H,17,18). The van der Waals surface area contributed by atoms with Crippen molar-refractivity contribution >= 4 is 11.9 Å². The van der Waals surface area contributed by atoms with Gasteiger partial charge in [-0.25, -0.2) is 0 Å². The van der Waals surface area contributed by atoms with E-state index < -0.39 is 11.4 Å². The van der Waals surface area contributed by atoms with Crippen molar-refractivity contribution in [2.75, 3.05) is 0 Å². The van der Waals surface area contributed by atoms with Crippen molar-refractivity contribution in [1.82, 2.24) is 4.90 Å². The minimum absolute atomic E-state index is 0.189. The molecule has 0 unspecified atom stereocenters. The van der Waals surface area contributed by atoms with Crippen LogP contribution in [0.15, 0.2) is 22.8 Å². The Bertz CT molecular complexity index is 486. The minimum atomic E-state index is -1.17. The molecule has 2 saturated carbocycles. The normalized spacial score (nSPS) is 20.6. The van der Waals surface area contributed by atoms with Crippen molar-refractivity contribution in [2.24, 2.45) is 5.41 Å². The predicted octanol–water partition coefficient (Wildman–Crippen LogP) is 2.03. The Labute approximate surface area is 111 Å². The van der Waals surface area contributed by atoms with Crippen LogP contribution in [0.2, 0.25) is 0 Å². The quantitative estimate of drug-likeness (QED) is 0.825. The molecule has 2 fully saturated rings. The summed E-state index contributed by atoms with van der Waals surface area (Å²) in [6.45, 7) is 0.380. The second kappa shape index (κ2) is 4.40. The molecule has 1 N–H and O–H groups in total. The molecule has 5 nitrogen and oxygen atoms in total. The van der Waals surface area contributed by atoms with Crippen LogP contribution in [0.4, 0.5) is 0 Å². The van der Waals surface area contributed by atoms with E-state index in [-0.39, 0.29) is 11.9 Å². The van der Waals surface area contributed by atoms with Crippen LogP contribution in [-0.4, -0.2) is 27.9 Å². The van der Waals surface area contributed by atoms with Crippen LogP contribution in [0, 0.1) is 5.41 Å². The number of nitrogens with zero attached hydrogens (tertiary/aromatic N) is 1. The Kier molecular flexibility index (Phi) is 2.84. The van der Waals surface area contributed by atoms with Gasteiger partial charge in [0.2, 0.25) is 5.91 Å². The Morgan fingerprint density at radius 1 is 1.42 bits per heavy atom. The Balaban J connectivity index is 1.80. The zero-order valence-electron chi connectivity index (χ0n) is 10.7. The molecule has 1 aromatic rings. The van der Waals surface area contributed by atoms with E-state index >= 15 is 0 Å². The zero-order valence-corrected chi connectivity index (χ0v) is 10.7. The van der Waals surface area contributed by atoms with Gasteiger partial charge < -0.3 is 14.4 Å². The van der Waals surface area contributed by atoms with E-state index in [4.69, 9.17) is 4.42 Å². The number of carbonyl (C=O) groups is 2. The number of carboxylic acids is 1. The number of carbonyl (C=O) groups excluding carboxylic acids is 1. The van der Waals surface area contributed by atoms with Gasteiger partial charge in [0.25, 0.3) is 0 Å². The summed E-state index contributed by atoms with van der Waals surface area (Å²) in [7, 11) is 0. The van der Waals surface area contributed by atoms with Crippen LogP contribution >= 0.6 is 0 Å². The third-order valence-corrected chi connectivity index (χ3v) is 4.18. The fourth-order valence-electron chi connectivity index (χ4n) is 2.65. The second-order valence-electron chi connectivity index (χ2n) is 5.48. The molecule has 0 saturated heterocycles. The summed E-state index contributed by atoms with van der Waals surface area (Å²) in [5.41, 5.74) is -1.17. The van der Waals surface area contributed by atoms with Crippen LogP contribution in [-0.2, 0) is 16.1 Å². The second-order valence-corrected chi connectivity index (χ2v) is 5.48. The number of amides is 1. The van der Waals surface area contributed by atoms with Crippen molar-refractivity contribution in [3.8, 4) is 0 Å². The molecule has 1 aromatic heterocycles. The largest absolute Gasteiger partial charge is 0.480 e. The average Bonchev–Trinajstić information content (AvgIpc) is 3.01. The molecule has 0 aromatic carbocycles. The van der Waals surface area contributed by atoms with Crippen LogP contribution in [0.3, 0.4) is 0 Å². The summed E-state index contributed by atoms with van der Waals surface area (Å²) in [6.07, 6.45) is 5.23. The smallest absolute Gasteiger partial charge is 0.319 e. The van der Waals surface area contributed by atoms with E-state index in [0.717, 1.165) is 19.3 Å². The third-order valence-electron chi connectivity index (χ3n) is 4.18. The first-order valence-corrected chi connectivity index (χ1v) is 6.70. The van der Waals surface area contributed by atoms with E-state index in [2.05, 4.69) is 0 Å². The molecule has 5 heteroatoms. The first-order chi connectivity index (χ1) is 9.13. The first-order valence-electron chi connectivity index (χ1n) is 6.70. The van der Waals surface area contributed by atoms with Gasteiger partial charge in [0.15, 0.2) is 0 Å². The summed E-state index contributed by atoms with van der Waals surface area (Å²) < 4.78 is 5.28. The number of hydrogen-bond donors (Lipinski definition) is 1. The highest BCUT2D eigenvalue weighted by atomic mass is 16.4. The molecule has 0 radical (unpaired) electrons. The highest BCUT2D eigenvalue weighted by Gasteiger charge is 2.54. The summed E-state index contributed by atoms with van der Waals surface area (Å²) >= 11 is 0. The van der Waals surface area contributed by atoms with Gasteiger partial charge in [-0.05, 0) is 37.8 Å². The summed E-state index contributed by atoms with van der Waals surface area (Å²) in [5, 5.41) is 9.36. The topological polar surface area (TPSA) is 70.8 Å². The molecule has 3 rings (SSSR count). The molecule has 2 aliphatic carbocycles. The fourth-order valence-corrected chi connectivity index (χ4v) is 2.65. The lowest BCUT2D eigenvalue weighted by molar-refractivity contribution is -0.168. The van der Waals surface area contributed by atoms with E-state index in [1.807, 2.05) is 6.07 Å². The van der Waals surface area contributed by atoms with Gasteiger partial charge in [-0.2, -0.15) is 0 Å². The van der Waals surface area contributed by atoms with E-state index in [1.165, 1.54) is 0 Å². The Morgan fingerprint density at radius 3 is 2.58 bits per heavy atom. The van der Waals surface area contributed by atoms with Crippen molar-refractivity contribution in [3.05, 3.63) is 24.2 Å². The maximum atomic E-state index is 12.6. The van der Waals surface area contributed by atoms with Gasteiger partial charge in [0, 0.05) is 6.04 Å². The van der Waals surface area contributed by atoms with Crippen molar-refractivity contribution in [2.45, 2.75) is 44.7 Å². The maximum Gasteiger partial charge on any atom is 0.319 e. The summed E-state index contributed by atoms with van der Waals surface area (Å²) in [5.74, 6) is -0.501. The molecule has 19 heavy (non-hydrogen) atoms. The SMILES string of the molecule is O=C(O)C1(C(=O)N(Cc2ccco2)C2CC2)CCC1. The zero-order chi connectivity index (χ0) is 13.5. The Morgan fingerprint density at radius 2 is 2.16 bits per heavy atom. The predicted molar refractivity (Wildman–Crippen MR) is 66.2 cm³/mol. The number of aliphatic carboxylic acids is 1. The van der Waals surface area contributed by atoms with Crippen molar-refractivity contribution in [3.63, 3.8) is 0 Å². The van der Waals surface area contributed by atoms with Crippen LogP contribution in [0.5, 0.6) is 0 Å². The third kappa shape index (κ3) is 2.03. The lowest BCUT2D eigenvalue weighted by Crippen LogP contribution is -2.53. The van der Waals surface area contributed by atoms with Crippen LogP contribution in [0.25, 0.3) is 0 Å². The van der Waals surface area contributed by atoms with Gasteiger partial charge in [-0.15, -0.1) is 0 Å². The fraction of sp³-hybridized carbons (Fsp3) is 0.571.